The second-order valence-corrected chi connectivity index (χ2v) is 4.47. The third-order valence-electron chi connectivity index (χ3n) is 2.66. The highest BCUT2D eigenvalue weighted by atomic mass is 16.3. The zero-order valence-corrected chi connectivity index (χ0v) is 12.1. The third kappa shape index (κ3) is 4.86. The smallest absolute Gasteiger partial charge is 0.231 e. The SMILES string of the molecule is CCNc1nc(NC(CC)CCO)nc(N(C)C)n1. The second kappa shape index (κ2) is 7.73. The summed E-state index contributed by atoms with van der Waals surface area (Å²) in [5.41, 5.74) is 0. The van der Waals surface area contributed by atoms with Crippen LogP contribution >= 0.6 is 0 Å². The molecular formula is C12H24N6O. The molecule has 108 valence electrons. The van der Waals surface area contributed by atoms with Gasteiger partial charge in [-0.2, -0.15) is 15.0 Å². The molecule has 0 fully saturated rings. The molecule has 0 bridgehead atoms. The molecule has 1 heterocycles. The van der Waals surface area contributed by atoms with Crippen LogP contribution in [0, 0.1) is 0 Å². The van der Waals surface area contributed by atoms with Crippen LogP contribution in [0.2, 0.25) is 0 Å². The molecule has 0 saturated heterocycles. The number of hydrogen-bond donors (Lipinski definition) is 3. The van der Waals surface area contributed by atoms with Crippen LogP contribution in [0.1, 0.15) is 26.7 Å². The minimum Gasteiger partial charge on any atom is -0.396 e. The average molecular weight is 268 g/mol. The van der Waals surface area contributed by atoms with Gasteiger partial charge < -0.3 is 20.6 Å². The Bertz CT molecular complexity index is 384. The van der Waals surface area contributed by atoms with Gasteiger partial charge in [-0.3, -0.25) is 0 Å². The van der Waals surface area contributed by atoms with Crippen molar-refractivity contribution in [1.29, 1.82) is 0 Å². The Morgan fingerprint density at radius 1 is 1.16 bits per heavy atom. The van der Waals surface area contributed by atoms with E-state index in [0.717, 1.165) is 13.0 Å². The van der Waals surface area contributed by atoms with E-state index in [1.807, 2.05) is 25.9 Å². The topological polar surface area (TPSA) is 86.2 Å². The van der Waals surface area contributed by atoms with Crippen LogP contribution in [-0.4, -0.2) is 53.3 Å². The molecule has 1 atom stereocenters. The Hall–Kier alpha value is -1.63. The van der Waals surface area contributed by atoms with E-state index in [1.54, 1.807) is 0 Å². The fourth-order valence-corrected chi connectivity index (χ4v) is 1.58. The molecule has 0 radical (unpaired) electrons. The van der Waals surface area contributed by atoms with Crippen molar-refractivity contribution in [2.45, 2.75) is 32.7 Å². The number of aliphatic hydroxyl groups excluding tert-OH is 1. The molecule has 0 amide bonds. The normalized spacial score (nSPS) is 12.1. The Kier molecular flexibility index (Phi) is 6.27. The van der Waals surface area contributed by atoms with Gasteiger partial charge in [0.2, 0.25) is 17.8 Å². The first-order valence-electron chi connectivity index (χ1n) is 6.65. The van der Waals surface area contributed by atoms with E-state index in [4.69, 9.17) is 5.11 Å². The molecule has 0 spiro atoms. The van der Waals surface area contributed by atoms with Crippen molar-refractivity contribution in [2.24, 2.45) is 0 Å². The molecule has 0 aliphatic carbocycles. The minimum atomic E-state index is 0.150. The van der Waals surface area contributed by atoms with Gasteiger partial charge >= 0.3 is 0 Å². The summed E-state index contributed by atoms with van der Waals surface area (Å²) in [6, 6.07) is 0.164. The van der Waals surface area contributed by atoms with Crippen LogP contribution < -0.4 is 15.5 Å². The molecule has 0 aliphatic rings. The summed E-state index contributed by atoms with van der Waals surface area (Å²) in [5.74, 6) is 1.70. The molecule has 0 aliphatic heterocycles. The molecule has 0 saturated carbocycles. The van der Waals surface area contributed by atoms with Gasteiger partial charge in [0.25, 0.3) is 0 Å². The monoisotopic (exact) mass is 268 g/mol. The van der Waals surface area contributed by atoms with Crippen LogP contribution in [0.4, 0.5) is 17.8 Å². The van der Waals surface area contributed by atoms with Crippen molar-refractivity contribution < 1.29 is 5.11 Å². The van der Waals surface area contributed by atoms with Gasteiger partial charge in [-0.1, -0.05) is 6.92 Å². The predicted molar refractivity (Wildman–Crippen MR) is 77.7 cm³/mol. The zero-order valence-electron chi connectivity index (χ0n) is 12.1. The Morgan fingerprint density at radius 3 is 2.37 bits per heavy atom. The first-order valence-corrected chi connectivity index (χ1v) is 6.65. The fraction of sp³-hybridized carbons (Fsp3) is 0.750. The molecule has 1 rings (SSSR count). The molecule has 0 aromatic carbocycles. The maximum Gasteiger partial charge on any atom is 0.231 e. The largest absolute Gasteiger partial charge is 0.396 e. The van der Waals surface area contributed by atoms with Gasteiger partial charge in [0, 0.05) is 33.3 Å². The molecule has 1 unspecified atom stereocenters. The van der Waals surface area contributed by atoms with Crippen molar-refractivity contribution in [1.82, 2.24) is 15.0 Å². The van der Waals surface area contributed by atoms with Crippen LogP contribution in [0.15, 0.2) is 0 Å². The maximum absolute atomic E-state index is 9.01. The van der Waals surface area contributed by atoms with Gasteiger partial charge in [-0.25, -0.2) is 0 Å². The number of nitrogens with one attached hydrogen (secondary N) is 2. The summed E-state index contributed by atoms with van der Waals surface area (Å²) in [4.78, 5) is 14.8. The lowest BCUT2D eigenvalue weighted by Gasteiger charge is -2.18. The van der Waals surface area contributed by atoms with Gasteiger partial charge in [0.1, 0.15) is 0 Å². The van der Waals surface area contributed by atoms with E-state index < -0.39 is 0 Å². The maximum atomic E-state index is 9.01. The molecule has 1 aromatic rings. The van der Waals surface area contributed by atoms with E-state index in [-0.39, 0.29) is 12.6 Å². The summed E-state index contributed by atoms with van der Waals surface area (Å²) in [5, 5.41) is 15.3. The van der Waals surface area contributed by atoms with E-state index >= 15 is 0 Å². The fourth-order valence-electron chi connectivity index (χ4n) is 1.58. The van der Waals surface area contributed by atoms with E-state index in [2.05, 4.69) is 32.5 Å². The van der Waals surface area contributed by atoms with Crippen LogP contribution in [-0.2, 0) is 0 Å². The quantitative estimate of drug-likeness (QED) is 0.647. The number of nitrogens with zero attached hydrogens (tertiary/aromatic N) is 4. The highest BCUT2D eigenvalue weighted by molar-refractivity contribution is 5.43. The van der Waals surface area contributed by atoms with Gasteiger partial charge in [-0.05, 0) is 19.8 Å². The van der Waals surface area contributed by atoms with Crippen LogP contribution in [0.3, 0.4) is 0 Å². The summed E-state index contributed by atoms with van der Waals surface area (Å²) < 4.78 is 0. The minimum absolute atomic E-state index is 0.150. The standard InChI is InChI=1S/C12H24N6O/c1-5-9(7-8-19)14-11-15-10(13-6-2)16-12(17-11)18(3)4/h9,19H,5-8H2,1-4H3,(H2,13,14,15,16,17). The van der Waals surface area contributed by atoms with E-state index in [0.29, 0.717) is 24.3 Å². The molecule has 1 aromatic heterocycles. The lowest BCUT2D eigenvalue weighted by atomic mass is 10.2. The van der Waals surface area contributed by atoms with Crippen LogP contribution in [0.25, 0.3) is 0 Å². The number of hydrogen-bond acceptors (Lipinski definition) is 7. The van der Waals surface area contributed by atoms with Crippen molar-refractivity contribution in [3.05, 3.63) is 0 Å². The molecular weight excluding hydrogens is 244 g/mol. The first kappa shape index (κ1) is 15.4. The third-order valence-corrected chi connectivity index (χ3v) is 2.66. The van der Waals surface area contributed by atoms with Gasteiger partial charge in [-0.15, -0.1) is 0 Å². The lowest BCUT2D eigenvalue weighted by Crippen LogP contribution is -2.23. The van der Waals surface area contributed by atoms with Crippen molar-refractivity contribution in [3.63, 3.8) is 0 Å². The highest BCUT2D eigenvalue weighted by Crippen LogP contribution is 2.13. The van der Waals surface area contributed by atoms with E-state index in [9.17, 15) is 0 Å². The molecule has 7 nitrogen and oxygen atoms in total. The average Bonchev–Trinajstić information content (AvgIpc) is 2.38. The number of aromatic nitrogens is 3. The molecule has 3 N–H and O–H groups in total. The first-order chi connectivity index (χ1) is 9.10. The summed E-state index contributed by atoms with van der Waals surface area (Å²) >= 11 is 0. The number of aliphatic hydroxyl groups is 1. The summed E-state index contributed by atoms with van der Waals surface area (Å²) in [7, 11) is 3.78. The van der Waals surface area contributed by atoms with Gasteiger partial charge in [0.05, 0.1) is 0 Å². The number of rotatable bonds is 8. The molecule has 7 heteroatoms. The van der Waals surface area contributed by atoms with E-state index in [1.165, 1.54) is 0 Å². The lowest BCUT2D eigenvalue weighted by molar-refractivity contribution is 0.278. The Balaban J connectivity index is 2.91. The second-order valence-electron chi connectivity index (χ2n) is 4.47. The zero-order chi connectivity index (χ0) is 14.3. The highest BCUT2D eigenvalue weighted by Gasteiger charge is 2.11. The van der Waals surface area contributed by atoms with Gasteiger partial charge in [0.15, 0.2) is 0 Å². The van der Waals surface area contributed by atoms with Crippen LogP contribution in [0.5, 0.6) is 0 Å². The van der Waals surface area contributed by atoms with Crippen molar-refractivity contribution in [2.75, 3.05) is 42.8 Å². The predicted octanol–water partition coefficient (Wildman–Crippen LogP) is 0.942. The Morgan fingerprint density at radius 2 is 1.84 bits per heavy atom. The van der Waals surface area contributed by atoms with Crippen molar-refractivity contribution in [3.8, 4) is 0 Å². The number of anilines is 3. The van der Waals surface area contributed by atoms with Crippen molar-refractivity contribution >= 4 is 17.8 Å². The molecule has 19 heavy (non-hydrogen) atoms. The summed E-state index contributed by atoms with van der Waals surface area (Å²) in [6.45, 7) is 4.96. The Labute approximate surface area is 114 Å². The summed E-state index contributed by atoms with van der Waals surface area (Å²) in [6.07, 6.45) is 1.58.